The number of rotatable bonds is 5. The number of nitrogens with one attached hydrogen (secondary N) is 1. The van der Waals surface area contributed by atoms with Crippen LogP contribution >= 0.6 is 0 Å². The lowest BCUT2D eigenvalue weighted by Crippen LogP contribution is -2.30. The molecule has 0 bridgehead atoms. The molecule has 5 nitrogen and oxygen atoms in total. The van der Waals surface area contributed by atoms with Gasteiger partial charge in [-0.1, -0.05) is 30.3 Å². The number of para-hydroxylation sites is 1. The maximum absolute atomic E-state index is 12.2. The van der Waals surface area contributed by atoms with Crippen molar-refractivity contribution in [3.05, 3.63) is 65.4 Å². The number of benzene rings is 2. The topological polar surface area (TPSA) is 68.5 Å². The van der Waals surface area contributed by atoms with Gasteiger partial charge in [0.25, 0.3) is 5.91 Å². The molecule has 3 aromatic rings. The standard InChI is InChI=1S/C21H21NO4/c1-13-9-10-18-16(12-25-20(18)14(13)2)11-19(23)26-15(3)21(24)22-17-7-5-4-6-8-17/h4-10,12,15H,11H2,1-3H3,(H,22,24)/t15-/m0/s1. The molecule has 1 amide bonds. The molecule has 2 aromatic carbocycles. The summed E-state index contributed by atoms with van der Waals surface area (Å²) < 4.78 is 10.9. The number of esters is 1. The minimum absolute atomic E-state index is 0.0540. The van der Waals surface area contributed by atoms with Gasteiger partial charge in [-0.3, -0.25) is 9.59 Å². The molecule has 1 atom stereocenters. The highest BCUT2D eigenvalue weighted by atomic mass is 16.5. The number of aryl methyl sites for hydroxylation is 2. The number of anilines is 1. The Morgan fingerprint density at radius 2 is 1.85 bits per heavy atom. The van der Waals surface area contributed by atoms with Crippen LogP contribution in [0.1, 0.15) is 23.6 Å². The van der Waals surface area contributed by atoms with Crippen LogP contribution < -0.4 is 5.32 Å². The van der Waals surface area contributed by atoms with Crippen LogP contribution in [0.15, 0.2) is 53.1 Å². The fraction of sp³-hybridized carbons (Fsp3) is 0.238. The van der Waals surface area contributed by atoms with E-state index >= 15 is 0 Å². The summed E-state index contributed by atoms with van der Waals surface area (Å²) in [5.41, 5.74) is 4.38. The largest absolute Gasteiger partial charge is 0.464 e. The Hall–Kier alpha value is -3.08. The molecular weight excluding hydrogens is 330 g/mol. The minimum Gasteiger partial charge on any atom is -0.464 e. The highest BCUT2D eigenvalue weighted by Crippen LogP contribution is 2.27. The van der Waals surface area contributed by atoms with Crippen LogP contribution in [0.5, 0.6) is 0 Å². The summed E-state index contributed by atoms with van der Waals surface area (Å²) in [7, 11) is 0. The zero-order valence-electron chi connectivity index (χ0n) is 15.0. The molecule has 1 N–H and O–H groups in total. The van der Waals surface area contributed by atoms with Crippen molar-refractivity contribution in [1.29, 1.82) is 0 Å². The van der Waals surface area contributed by atoms with Crippen molar-refractivity contribution in [1.82, 2.24) is 0 Å². The molecule has 0 saturated carbocycles. The van der Waals surface area contributed by atoms with E-state index in [1.54, 1.807) is 25.3 Å². The van der Waals surface area contributed by atoms with Crippen LogP contribution in [-0.4, -0.2) is 18.0 Å². The average Bonchev–Trinajstić information content (AvgIpc) is 3.02. The molecule has 0 unspecified atom stereocenters. The maximum Gasteiger partial charge on any atom is 0.311 e. The van der Waals surface area contributed by atoms with Gasteiger partial charge in [0, 0.05) is 16.6 Å². The Balaban J connectivity index is 1.63. The Morgan fingerprint density at radius 3 is 2.58 bits per heavy atom. The molecule has 26 heavy (non-hydrogen) atoms. The van der Waals surface area contributed by atoms with Crippen LogP contribution in [0, 0.1) is 13.8 Å². The highest BCUT2D eigenvalue weighted by Gasteiger charge is 2.20. The van der Waals surface area contributed by atoms with E-state index in [4.69, 9.17) is 9.15 Å². The van der Waals surface area contributed by atoms with E-state index in [2.05, 4.69) is 5.32 Å². The number of hydrogen-bond acceptors (Lipinski definition) is 4. The molecule has 0 radical (unpaired) electrons. The normalized spacial score (nSPS) is 12.0. The lowest BCUT2D eigenvalue weighted by Gasteiger charge is -2.13. The van der Waals surface area contributed by atoms with Crippen LogP contribution in [0.3, 0.4) is 0 Å². The van der Waals surface area contributed by atoms with Gasteiger partial charge in [-0.05, 0) is 44.0 Å². The van der Waals surface area contributed by atoms with Gasteiger partial charge in [-0.2, -0.15) is 0 Å². The van der Waals surface area contributed by atoms with Gasteiger partial charge in [-0.15, -0.1) is 0 Å². The SMILES string of the molecule is Cc1ccc2c(CC(=O)O[C@@H](C)C(=O)Nc3ccccc3)coc2c1C. The fourth-order valence-electron chi connectivity index (χ4n) is 2.74. The summed E-state index contributed by atoms with van der Waals surface area (Å²) in [5, 5.41) is 3.61. The van der Waals surface area contributed by atoms with Gasteiger partial charge in [-0.25, -0.2) is 0 Å². The molecule has 1 heterocycles. The number of hydrogen-bond donors (Lipinski definition) is 1. The lowest BCUT2D eigenvalue weighted by molar-refractivity contribution is -0.152. The third-order valence-electron chi connectivity index (χ3n) is 4.40. The second-order valence-electron chi connectivity index (χ2n) is 6.31. The fourth-order valence-corrected chi connectivity index (χ4v) is 2.74. The first-order valence-electron chi connectivity index (χ1n) is 8.47. The van der Waals surface area contributed by atoms with E-state index in [0.29, 0.717) is 5.69 Å². The summed E-state index contributed by atoms with van der Waals surface area (Å²) in [6, 6.07) is 13.0. The van der Waals surface area contributed by atoms with Gasteiger partial charge in [0.05, 0.1) is 12.7 Å². The molecular formula is C21H21NO4. The van der Waals surface area contributed by atoms with E-state index in [9.17, 15) is 9.59 Å². The predicted octanol–water partition coefficient (Wildman–Crippen LogP) is 4.16. The Labute approximate surface area is 152 Å². The molecule has 0 aliphatic heterocycles. The second-order valence-corrected chi connectivity index (χ2v) is 6.31. The first-order valence-corrected chi connectivity index (χ1v) is 8.47. The number of carbonyl (C=O) groups is 2. The van der Waals surface area contributed by atoms with Crippen LogP contribution in [-0.2, 0) is 20.7 Å². The first kappa shape index (κ1) is 17.7. The van der Waals surface area contributed by atoms with Crippen molar-refractivity contribution in [2.24, 2.45) is 0 Å². The van der Waals surface area contributed by atoms with Crippen molar-refractivity contribution in [3.8, 4) is 0 Å². The van der Waals surface area contributed by atoms with Gasteiger partial charge in [0.15, 0.2) is 6.10 Å². The quantitative estimate of drug-likeness (QED) is 0.701. The number of furan rings is 1. The summed E-state index contributed by atoms with van der Waals surface area (Å²) in [5.74, 6) is -0.838. The van der Waals surface area contributed by atoms with Crippen LogP contribution in [0.25, 0.3) is 11.0 Å². The molecule has 3 rings (SSSR count). The van der Waals surface area contributed by atoms with Crippen LogP contribution in [0.2, 0.25) is 0 Å². The number of ether oxygens (including phenoxy) is 1. The first-order chi connectivity index (χ1) is 12.5. The summed E-state index contributed by atoms with van der Waals surface area (Å²) >= 11 is 0. The predicted molar refractivity (Wildman–Crippen MR) is 100 cm³/mol. The summed E-state index contributed by atoms with van der Waals surface area (Å²) in [6.45, 7) is 5.55. The van der Waals surface area contributed by atoms with Crippen molar-refractivity contribution < 1.29 is 18.7 Å². The number of carbonyl (C=O) groups excluding carboxylic acids is 2. The molecule has 1 aromatic heterocycles. The van der Waals surface area contributed by atoms with Gasteiger partial charge in [0.1, 0.15) is 5.58 Å². The Morgan fingerprint density at radius 1 is 1.12 bits per heavy atom. The Kier molecular flexibility index (Phi) is 5.07. The van der Waals surface area contributed by atoms with Gasteiger partial charge < -0.3 is 14.5 Å². The maximum atomic E-state index is 12.2. The number of fused-ring (bicyclic) bond motifs is 1. The van der Waals surface area contributed by atoms with Crippen molar-refractivity contribution in [2.75, 3.05) is 5.32 Å². The third-order valence-corrected chi connectivity index (χ3v) is 4.40. The Bertz CT molecular complexity index is 943. The van der Waals surface area contributed by atoms with Crippen molar-refractivity contribution >= 4 is 28.5 Å². The molecule has 0 spiro atoms. The van der Waals surface area contributed by atoms with Crippen molar-refractivity contribution in [3.63, 3.8) is 0 Å². The molecule has 0 aliphatic carbocycles. The average molecular weight is 351 g/mol. The summed E-state index contributed by atoms with van der Waals surface area (Å²) in [6.07, 6.45) is 0.746. The van der Waals surface area contributed by atoms with E-state index < -0.39 is 12.1 Å². The smallest absolute Gasteiger partial charge is 0.311 e. The van der Waals surface area contributed by atoms with E-state index in [0.717, 1.165) is 27.7 Å². The third kappa shape index (κ3) is 3.77. The van der Waals surface area contributed by atoms with Gasteiger partial charge in [0.2, 0.25) is 0 Å². The second kappa shape index (κ2) is 7.44. The van der Waals surface area contributed by atoms with Gasteiger partial charge >= 0.3 is 5.97 Å². The summed E-state index contributed by atoms with van der Waals surface area (Å²) in [4.78, 5) is 24.4. The highest BCUT2D eigenvalue weighted by molar-refractivity contribution is 5.95. The zero-order valence-corrected chi connectivity index (χ0v) is 15.0. The molecule has 134 valence electrons. The van der Waals surface area contributed by atoms with E-state index in [1.807, 2.05) is 44.2 Å². The molecule has 0 aliphatic rings. The molecule has 5 heteroatoms. The molecule has 0 saturated heterocycles. The van der Waals surface area contributed by atoms with E-state index in [1.165, 1.54) is 0 Å². The minimum atomic E-state index is -0.884. The monoisotopic (exact) mass is 351 g/mol. The van der Waals surface area contributed by atoms with Crippen LogP contribution in [0.4, 0.5) is 5.69 Å². The number of amides is 1. The van der Waals surface area contributed by atoms with E-state index in [-0.39, 0.29) is 12.3 Å². The lowest BCUT2D eigenvalue weighted by atomic mass is 10.0. The van der Waals surface area contributed by atoms with Crippen molar-refractivity contribution in [2.45, 2.75) is 33.3 Å². The molecule has 0 fully saturated rings. The zero-order chi connectivity index (χ0) is 18.7.